The van der Waals surface area contributed by atoms with Crippen molar-refractivity contribution in [1.82, 2.24) is 0 Å². The van der Waals surface area contributed by atoms with Crippen LogP contribution in [0, 0.1) is 5.82 Å². The minimum absolute atomic E-state index is 0.0528. The van der Waals surface area contributed by atoms with E-state index < -0.39 is 23.7 Å². The maximum atomic E-state index is 13.2. The van der Waals surface area contributed by atoms with Crippen LogP contribution >= 0.6 is 0 Å². The SMILES string of the molecule is OC(Cc1ccoc1)c1cc(F)cc(C(F)(F)F)c1. The largest absolute Gasteiger partial charge is 0.472 e. The highest BCUT2D eigenvalue weighted by atomic mass is 19.4. The molecule has 0 amide bonds. The Morgan fingerprint density at radius 1 is 1.21 bits per heavy atom. The Hall–Kier alpha value is -1.82. The maximum Gasteiger partial charge on any atom is 0.416 e. The van der Waals surface area contributed by atoms with Crippen molar-refractivity contribution in [2.24, 2.45) is 0 Å². The van der Waals surface area contributed by atoms with Gasteiger partial charge in [0.2, 0.25) is 0 Å². The van der Waals surface area contributed by atoms with Gasteiger partial charge in [0.15, 0.2) is 0 Å². The van der Waals surface area contributed by atoms with E-state index in [1.807, 2.05) is 0 Å². The van der Waals surface area contributed by atoms with Crippen LogP contribution in [0.1, 0.15) is 22.8 Å². The van der Waals surface area contributed by atoms with Crippen LogP contribution in [-0.4, -0.2) is 5.11 Å². The molecule has 2 nitrogen and oxygen atoms in total. The summed E-state index contributed by atoms with van der Waals surface area (Å²) in [5, 5.41) is 9.83. The summed E-state index contributed by atoms with van der Waals surface area (Å²) in [6.45, 7) is 0. The summed E-state index contributed by atoms with van der Waals surface area (Å²) in [6.07, 6.45) is -3.07. The molecule has 1 aromatic heterocycles. The van der Waals surface area contributed by atoms with Crippen molar-refractivity contribution in [3.8, 4) is 0 Å². The van der Waals surface area contributed by atoms with Gasteiger partial charge in [0.1, 0.15) is 5.82 Å². The van der Waals surface area contributed by atoms with Gasteiger partial charge in [-0.1, -0.05) is 0 Å². The lowest BCUT2D eigenvalue weighted by atomic mass is 10.0. The third-order valence-corrected chi connectivity index (χ3v) is 2.64. The molecule has 0 bridgehead atoms. The summed E-state index contributed by atoms with van der Waals surface area (Å²) < 4.78 is 55.5. The Morgan fingerprint density at radius 3 is 2.53 bits per heavy atom. The zero-order valence-electron chi connectivity index (χ0n) is 9.62. The first-order valence-electron chi connectivity index (χ1n) is 5.43. The first kappa shape index (κ1) is 13.6. The van der Waals surface area contributed by atoms with Crippen molar-refractivity contribution in [3.63, 3.8) is 0 Å². The molecule has 1 N–H and O–H groups in total. The molecular weight excluding hydrogens is 264 g/mol. The summed E-state index contributed by atoms with van der Waals surface area (Å²) in [5.74, 6) is -1.03. The molecule has 0 fully saturated rings. The Kier molecular flexibility index (Phi) is 3.61. The highest BCUT2D eigenvalue weighted by Gasteiger charge is 2.31. The van der Waals surface area contributed by atoms with Gasteiger partial charge in [-0.15, -0.1) is 0 Å². The number of aliphatic hydroxyl groups is 1. The van der Waals surface area contributed by atoms with Crippen molar-refractivity contribution in [2.45, 2.75) is 18.7 Å². The van der Waals surface area contributed by atoms with Crippen molar-refractivity contribution in [3.05, 3.63) is 59.3 Å². The molecule has 0 radical (unpaired) electrons. The van der Waals surface area contributed by atoms with Crippen LogP contribution in [0.4, 0.5) is 17.6 Å². The van der Waals surface area contributed by atoms with Crippen LogP contribution in [0.15, 0.2) is 41.2 Å². The van der Waals surface area contributed by atoms with E-state index in [0.29, 0.717) is 11.6 Å². The van der Waals surface area contributed by atoms with Gasteiger partial charge in [-0.25, -0.2) is 4.39 Å². The molecule has 0 saturated heterocycles. The third kappa shape index (κ3) is 3.35. The molecule has 6 heteroatoms. The van der Waals surface area contributed by atoms with Crippen molar-refractivity contribution >= 4 is 0 Å². The molecule has 2 rings (SSSR count). The van der Waals surface area contributed by atoms with E-state index in [9.17, 15) is 22.7 Å². The highest BCUT2D eigenvalue weighted by Crippen LogP contribution is 2.32. The number of benzene rings is 1. The molecule has 1 unspecified atom stereocenters. The number of alkyl halides is 3. The standard InChI is InChI=1S/C13H10F4O2/c14-11-5-9(4-10(6-11)13(15,16)17)12(18)3-8-1-2-19-7-8/h1-2,4-7,12,18H,3H2. The van der Waals surface area contributed by atoms with E-state index >= 15 is 0 Å². The normalized spacial score (nSPS) is 13.5. The lowest BCUT2D eigenvalue weighted by Crippen LogP contribution is -2.09. The number of furan rings is 1. The molecule has 1 atom stereocenters. The molecule has 0 aliphatic heterocycles. The summed E-state index contributed by atoms with van der Waals surface area (Å²) in [4.78, 5) is 0. The van der Waals surface area contributed by atoms with Gasteiger partial charge in [-0.3, -0.25) is 0 Å². The van der Waals surface area contributed by atoms with Crippen molar-refractivity contribution < 1.29 is 27.1 Å². The van der Waals surface area contributed by atoms with Gasteiger partial charge in [-0.2, -0.15) is 13.2 Å². The molecular formula is C13H10F4O2. The Bertz CT molecular complexity index is 546. The molecule has 0 saturated carbocycles. The Balaban J connectivity index is 2.26. The molecule has 0 spiro atoms. The predicted molar refractivity (Wildman–Crippen MR) is 58.8 cm³/mol. The van der Waals surface area contributed by atoms with E-state index in [0.717, 1.165) is 12.1 Å². The summed E-state index contributed by atoms with van der Waals surface area (Å²) in [5.41, 5.74) is -0.618. The second-order valence-corrected chi connectivity index (χ2v) is 4.12. The average molecular weight is 274 g/mol. The van der Waals surface area contributed by atoms with E-state index in [1.54, 1.807) is 6.07 Å². The number of rotatable bonds is 3. The van der Waals surface area contributed by atoms with Crippen LogP contribution in [0.3, 0.4) is 0 Å². The smallest absolute Gasteiger partial charge is 0.416 e. The Labute approximate surface area is 106 Å². The van der Waals surface area contributed by atoms with Crippen molar-refractivity contribution in [2.75, 3.05) is 0 Å². The van der Waals surface area contributed by atoms with Gasteiger partial charge in [0.05, 0.1) is 24.2 Å². The van der Waals surface area contributed by atoms with Crippen LogP contribution in [0.25, 0.3) is 0 Å². The highest BCUT2D eigenvalue weighted by molar-refractivity contribution is 5.29. The van der Waals surface area contributed by atoms with E-state index in [-0.39, 0.29) is 12.0 Å². The van der Waals surface area contributed by atoms with Gasteiger partial charge < -0.3 is 9.52 Å². The number of hydrogen-bond acceptors (Lipinski definition) is 2. The fourth-order valence-corrected chi connectivity index (χ4v) is 1.72. The van der Waals surface area contributed by atoms with Gasteiger partial charge in [-0.05, 0) is 35.4 Å². The maximum absolute atomic E-state index is 13.2. The van der Waals surface area contributed by atoms with Gasteiger partial charge in [0.25, 0.3) is 0 Å². The fourth-order valence-electron chi connectivity index (χ4n) is 1.72. The molecule has 0 aliphatic carbocycles. The van der Waals surface area contributed by atoms with Crippen LogP contribution in [0.5, 0.6) is 0 Å². The topological polar surface area (TPSA) is 33.4 Å². The first-order valence-corrected chi connectivity index (χ1v) is 5.43. The average Bonchev–Trinajstić information content (AvgIpc) is 2.79. The Morgan fingerprint density at radius 2 is 1.95 bits per heavy atom. The molecule has 1 heterocycles. The monoisotopic (exact) mass is 274 g/mol. The molecule has 19 heavy (non-hydrogen) atoms. The fraction of sp³-hybridized carbons (Fsp3) is 0.231. The minimum Gasteiger partial charge on any atom is -0.472 e. The number of aliphatic hydroxyl groups excluding tert-OH is 1. The summed E-state index contributed by atoms with van der Waals surface area (Å²) in [6, 6.07) is 3.61. The third-order valence-electron chi connectivity index (χ3n) is 2.64. The number of hydrogen-bond donors (Lipinski definition) is 1. The zero-order valence-corrected chi connectivity index (χ0v) is 9.62. The van der Waals surface area contributed by atoms with Crippen LogP contribution in [0.2, 0.25) is 0 Å². The van der Waals surface area contributed by atoms with Crippen molar-refractivity contribution in [1.29, 1.82) is 0 Å². The molecule has 2 aromatic rings. The lowest BCUT2D eigenvalue weighted by molar-refractivity contribution is -0.137. The van der Waals surface area contributed by atoms with E-state index in [4.69, 9.17) is 4.42 Å². The van der Waals surface area contributed by atoms with Crippen LogP contribution in [-0.2, 0) is 12.6 Å². The van der Waals surface area contributed by atoms with Crippen LogP contribution < -0.4 is 0 Å². The quantitative estimate of drug-likeness (QED) is 0.865. The minimum atomic E-state index is -4.65. The van der Waals surface area contributed by atoms with E-state index in [1.165, 1.54) is 12.5 Å². The second-order valence-electron chi connectivity index (χ2n) is 4.12. The molecule has 0 aliphatic rings. The lowest BCUT2D eigenvalue weighted by Gasteiger charge is -2.13. The predicted octanol–water partition coefficient (Wildman–Crippen LogP) is 3.71. The van der Waals surface area contributed by atoms with Gasteiger partial charge >= 0.3 is 6.18 Å². The summed E-state index contributed by atoms with van der Waals surface area (Å²) >= 11 is 0. The second kappa shape index (κ2) is 5.05. The van der Waals surface area contributed by atoms with Gasteiger partial charge in [0, 0.05) is 6.42 Å². The molecule has 1 aromatic carbocycles. The molecule has 102 valence electrons. The first-order chi connectivity index (χ1) is 8.86. The zero-order chi connectivity index (χ0) is 14.0. The number of halogens is 4. The van der Waals surface area contributed by atoms with E-state index in [2.05, 4.69) is 0 Å². The summed E-state index contributed by atoms with van der Waals surface area (Å²) in [7, 11) is 0.